The number of aryl methyl sites for hydroxylation is 3. The van der Waals surface area contributed by atoms with Crippen LogP contribution in [0.3, 0.4) is 0 Å². The average Bonchev–Trinajstić information content (AvgIpc) is 2.74. The van der Waals surface area contributed by atoms with E-state index in [1.165, 1.54) is 16.7 Å². The van der Waals surface area contributed by atoms with Crippen molar-refractivity contribution < 1.29 is 4.79 Å². The number of nitrogens with one attached hydrogen (secondary N) is 1. The van der Waals surface area contributed by atoms with Gasteiger partial charge in [-0.3, -0.25) is 9.78 Å². The molecule has 2 atom stereocenters. The molecule has 3 aromatic rings. The number of aromatic nitrogens is 1. The number of nitrogens with two attached hydrogens (primary N) is 1. The Labute approximate surface area is 172 Å². The summed E-state index contributed by atoms with van der Waals surface area (Å²) in [5.41, 5.74) is 14.1. The third kappa shape index (κ3) is 3.94. The van der Waals surface area contributed by atoms with Gasteiger partial charge < -0.3 is 11.1 Å². The molecule has 0 saturated heterocycles. The van der Waals surface area contributed by atoms with Crippen LogP contribution < -0.4 is 11.1 Å². The van der Waals surface area contributed by atoms with Crippen molar-refractivity contribution in [2.75, 3.05) is 5.32 Å². The standard InChI is InChI=1S/C25H27N3O/c1-16-14-15-27-17(2)23(16)19-10-12-20(13-11-19)28-25(29)24(26)22-9-5-7-18-6-3-4-8-21(18)22/h3-4,6,8,10-15,22,24H,5,7,9,26H2,1-2H3,(H,28,29)/t22-,24-/m0/s1. The predicted molar refractivity (Wildman–Crippen MR) is 118 cm³/mol. The van der Waals surface area contributed by atoms with Crippen LogP contribution in [0.1, 0.15) is 41.1 Å². The van der Waals surface area contributed by atoms with Gasteiger partial charge in [0.1, 0.15) is 0 Å². The molecule has 0 aliphatic heterocycles. The maximum absolute atomic E-state index is 12.8. The fourth-order valence-corrected chi connectivity index (χ4v) is 4.42. The smallest absolute Gasteiger partial charge is 0.241 e. The molecule has 0 unspecified atom stereocenters. The van der Waals surface area contributed by atoms with Gasteiger partial charge in [0.05, 0.1) is 6.04 Å². The highest BCUT2D eigenvalue weighted by atomic mass is 16.2. The number of amides is 1. The monoisotopic (exact) mass is 385 g/mol. The maximum atomic E-state index is 12.8. The molecule has 2 aromatic carbocycles. The molecule has 1 aromatic heterocycles. The lowest BCUT2D eigenvalue weighted by Gasteiger charge is -2.29. The van der Waals surface area contributed by atoms with Gasteiger partial charge in [0, 0.05) is 29.1 Å². The zero-order valence-corrected chi connectivity index (χ0v) is 17.0. The number of anilines is 1. The van der Waals surface area contributed by atoms with Crippen molar-refractivity contribution >= 4 is 11.6 Å². The summed E-state index contributed by atoms with van der Waals surface area (Å²) in [5, 5.41) is 3.00. The van der Waals surface area contributed by atoms with Gasteiger partial charge in [-0.25, -0.2) is 0 Å². The predicted octanol–water partition coefficient (Wildman–Crippen LogP) is 4.75. The molecule has 0 fully saturated rings. The van der Waals surface area contributed by atoms with Crippen molar-refractivity contribution in [2.24, 2.45) is 5.73 Å². The van der Waals surface area contributed by atoms with E-state index in [2.05, 4.69) is 35.4 Å². The first-order valence-electron chi connectivity index (χ1n) is 10.2. The number of carbonyl (C=O) groups excluding carboxylic acids is 1. The zero-order valence-electron chi connectivity index (χ0n) is 17.0. The number of nitrogens with zero attached hydrogens (tertiary/aromatic N) is 1. The zero-order chi connectivity index (χ0) is 20.4. The Balaban J connectivity index is 1.49. The first kappa shape index (κ1) is 19.3. The van der Waals surface area contributed by atoms with E-state index >= 15 is 0 Å². The second kappa shape index (κ2) is 8.18. The average molecular weight is 386 g/mol. The summed E-state index contributed by atoms with van der Waals surface area (Å²) in [6.45, 7) is 4.10. The maximum Gasteiger partial charge on any atom is 0.241 e. The van der Waals surface area contributed by atoms with E-state index in [1.54, 1.807) is 0 Å². The molecule has 1 heterocycles. The van der Waals surface area contributed by atoms with Crippen LogP contribution in [0.15, 0.2) is 60.8 Å². The minimum absolute atomic E-state index is 0.0694. The first-order chi connectivity index (χ1) is 14.0. The Kier molecular flexibility index (Phi) is 5.45. The number of hydrogen-bond acceptors (Lipinski definition) is 3. The number of rotatable bonds is 4. The van der Waals surface area contributed by atoms with E-state index in [1.807, 2.05) is 49.5 Å². The van der Waals surface area contributed by atoms with Crippen LogP contribution in [-0.2, 0) is 11.2 Å². The second-order valence-corrected chi connectivity index (χ2v) is 7.88. The second-order valence-electron chi connectivity index (χ2n) is 7.88. The molecule has 1 aliphatic rings. The topological polar surface area (TPSA) is 68.0 Å². The van der Waals surface area contributed by atoms with Crippen LogP contribution >= 0.6 is 0 Å². The van der Waals surface area contributed by atoms with Gasteiger partial charge in [-0.15, -0.1) is 0 Å². The van der Waals surface area contributed by atoms with Crippen LogP contribution in [0.2, 0.25) is 0 Å². The van der Waals surface area contributed by atoms with Crippen molar-refractivity contribution in [1.29, 1.82) is 0 Å². The third-order valence-corrected chi connectivity index (χ3v) is 5.94. The summed E-state index contributed by atoms with van der Waals surface area (Å²) in [6, 6.07) is 17.7. The molecule has 4 rings (SSSR count). The molecular formula is C25H27N3O. The van der Waals surface area contributed by atoms with Crippen LogP contribution in [-0.4, -0.2) is 16.9 Å². The molecule has 0 saturated carbocycles. The summed E-state index contributed by atoms with van der Waals surface area (Å²) in [5.74, 6) is -0.0619. The SMILES string of the molecule is Cc1ccnc(C)c1-c1ccc(NC(=O)[C@@H](N)[C@H]2CCCc3ccccc32)cc1. The number of hydrogen-bond donors (Lipinski definition) is 2. The van der Waals surface area contributed by atoms with E-state index < -0.39 is 6.04 Å². The van der Waals surface area contributed by atoms with Crippen LogP contribution in [0.25, 0.3) is 11.1 Å². The molecule has 4 heteroatoms. The van der Waals surface area contributed by atoms with Gasteiger partial charge in [-0.05, 0) is 73.6 Å². The number of pyridine rings is 1. The number of fused-ring (bicyclic) bond motifs is 1. The van der Waals surface area contributed by atoms with E-state index in [-0.39, 0.29) is 11.8 Å². The Morgan fingerprint density at radius 3 is 2.62 bits per heavy atom. The van der Waals surface area contributed by atoms with Gasteiger partial charge in [-0.2, -0.15) is 0 Å². The third-order valence-electron chi connectivity index (χ3n) is 5.94. The lowest BCUT2D eigenvalue weighted by Crippen LogP contribution is -2.41. The van der Waals surface area contributed by atoms with E-state index in [4.69, 9.17) is 5.73 Å². The van der Waals surface area contributed by atoms with Gasteiger partial charge in [0.2, 0.25) is 5.91 Å². The molecule has 0 spiro atoms. The van der Waals surface area contributed by atoms with Crippen LogP contribution in [0.4, 0.5) is 5.69 Å². The Morgan fingerprint density at radius 1 is 1.10 bits per heavy atom. The lowest BCUT2D eigenvalue weighted by atomic mass is 9.79. The first-order valence-corrected chi connectivity index (χ1v) is 10.2. The fraction of sp³-hybridized carbons (Fsp3) is 0.280. The highest BCUT2D eigenvalue weighted by molar-refractivity contribution is 5.95. The summed E-state index contributed by atoms with van der Waals surface area (Å²) in [4.78, 5) is 17.2. The molecule has 0 bridgehead atoms. The van der Waals surface area contributed by atoms with Crippen molar-refractivity contribution in [3.05, 3.63) is 83.2 Å². The van der Waals surface area contributed by atoms with Crippen molar-refractivity contribution in [1.82, 2.24) is 4.98 Å². The number of benzene rings is 2. The quantitative estimate of drug-likeness (QED) is 0.681. The van der Waals surface area contributed by atoms with Gasteiger partial charge >= 0.3 is 0 Å². The van der Waals surface area contributed by atoms with Crippen LogP contribution in [0.5, 0.6) is 0 Å². The van der Waals surface area contributed by atoms with Crippen molar-refractivity contribution in [3.8, 4) is 11.1 Å². The highest BCUT2D eigenvalue weighted by Crippen LogP contribution is 2.34. The summed E-state index contributed by atoms with van der Waals surface area (Å²) < 4.78 is 0. The van der Waals surface area contributed by atoms with Gasteiger partial charge in [-0.1, -0.05) is 36.4 Å². The molecule has 4 nitrogen and oxygen atoms in total. The number of carbonyl (C=O) groups is 1. The minimum Gasteiger partial charge on any atom is -0.325 e. The minimum atomic E-state index is -0.557. The Bertz CT molecular complexity index is 1010. The molecular weight excluding hydrogens is 358 g/mol. The van der Waals surface area contributed by atoms with Gasteiger partial charge in [0.25, 0.3) is 0 Å². The van der Waals surface area contributed by atoms with Gasteiger partial charge in [0.15, 0.2) is 0 Å². The lowest BCUT2D eigenvalue weighted by molar-refractivity contribution is -0.117. The largest absolute Gasteiger partial charge is 0.325 e. The Morgan fingerprint density at radius 2 is 1.86 bits per heavy atom. The fourth-order valence-electron chi connectivity index (χ4n) is 4.42. The van der Waals surface area contributed by atoms with Crippen LogP contribution in [0, 0.1) is 13.8 Å². The normalized spacial score (nSPS) is 16.7. The van der Waals surface area contributed by atoms with Crippen molar-refractivity contribution in [2.45, 2.75) is 45.1 Å². The molecule has 1 amide bonds. The van der Waals surface area contributed by atoms with E-state index in [9.17, 15) is 4.79 Å². The van der Waals surface area contributed by atoms with Crippen molar-refractivity contribution in [3.63, 3.8) is 0 Å². The molecule has 29 heavy (non-hydrogen) atoms. The van der Waals surface area contributed by atoms with E-state index in [0.29, 0.717) is 0 Å². The molecule has 1 aliphatic carbocycles. The molecule has 0 radical (unpaired) electrons. The van der Waals surface area contributed by atoms with E-state index in [0.717, 1.165) is 41.8 Å². The molecule has 148 valence electrons. The summed E-state index contributed by atoms with van der Waals surface area (Å²) in [6.07, 6.45) is 4.91. The summed E-state index contributed by atoms with van der Waals surface area (Å²) in [7, 11) is 0. The Hall–Kier alpha value is -2.98. The molecule has 3 N–H and O–H groups in total. The highest BCUT2D eigenvalue weighted by Gasteiger charge is 2.29. The summed E-state index contributed by atoms with van der Waals surface area (Å²) >= 11 is 0.